The number of amides is 2. The quantitative estimate of drug-likeness (QED) is 0.570. The maximum absolute atomic E-state index is 14.7. The minimum atomic E-state index is -4.77. The second-order valence-corrected chi connectivity index (χ2v) is 9.26. The molecule has 13 heteroatoms. The van der Waals surface area contributed by atoms with Crippen LogP contribution in [0.1, 0.15) is 46.6 Å². The maximum atomic E-state index is 14.7. The molecule has 2 amide bonds. The molecule has 0 bridgehead atoms. The molecule has 2 aliphatic heterocycles. The fourth-order valence-corrected chi connectivity index (χ4v) is 4.50. The van der Waals surface area contributed by atoms with E-state index in [1.165, 1.54) is 0 Å². The summed E-state index contributed by atoms with van der Waals surface area (Å²) < 4.78 is 98.0. The smallest absolute Gasteiger partial charge is 0.381 e. The summed E-state index contributed by atoms with van der Waals surface area (Å²) in [5, 5.41) is 2.64. The van der Waals surface area contributed by atoms with Crippen LogP contribution in [-0.2, 0) is 21.9 Å². The lowest BCUT2D eigenvalue weighted by Crippen LogP contribution is -2.50. The Morgan fingerprint density at radius 3 is 2.35 bits per heavy atom. The summed E-state index contributed by atoms with van der Waals surface area (Å²) in [7, 11) is 0. The van der Waals surface area contributed by atoms with Crippen molar-refractivity contribution < 1.29 is 45.1 Å². The van der Waals surface area contributed by atoms with Crippen molar-refractivity contribution in [2.24, 2.45) is 11.8 Å². The first-order chi connectivity index (χ1) is 17.3. The predicted octanol–water partition coefficient (Wildman–Crippen LogP) is 4.61. The molecule has 6 nitrogen and oxygen atoms in total. The van der Waals surface area contributed by atoms with Gasteiger partial charge in [-0.05, 0) is 36.6 Å². The SMILES string of the molecule is C[C@@H]1C[C@H](C(=O)N[C@@H](c2ccc(C(F)(F)F)cc2F)C2COC2)N(C(=O)c2ccnc(C(F)(F)F)c2)C1. The van der Waals surface area contributed by atoms with E-state index in [4.69, 9.17) is 4.74 Å². The van der Waals surface area contributed by atoms with Crippen LogP contribution >= 0.6 is 0 Å². The van der Waals surface area contributed by atoms with Gasteiger partial charge in [0.2, 0.25) is 5.91 Å². The fourth-order valence-electron chi connectivity index (χ4n) is 4.50. The summed E-state index contributed by atoms with van der Waals surface area (Å²) in [5.74, 6) is -3.25. The molecule has 1 N–H and O–H groups in total. The van der Waals surface area contributed by atoms with Crippen molar-refractivity contribution in [1.29, 1.82) is 0 Å². The van der Waals surface area contributed by atoms with E-state index in [0.717, 1.165) is 23.2 Å². The van der Waals surface area contributed by atoms with Gasteiger partial charge in [-0.1, -0.05) is 13.0 Å². The molecule has 0 saturated carbocycles. The molecule has 2 fully saturated rings. The number of nitrogens with one attached hydrogen (secondary N) is 1. The lowest BCUT2D eigenvalue weighted by atomic mass is 9.90. The van der Waals surface area contributed by atoms with E-state index >= 15 is 0 Å². The Bertz CT molecular complexity index is 1180. The van der Waals surface area contributed by atoms with Crippen molar-refractivity contribution >= 4 is 11.8 Å². The first-order valence-corrected chi connectivity index (χ1v) is 11.3. The Morgan fingerprint density at radius 1 is 1.08 bits per heavy atom. The van der Waals surface area contributed by atoms with Crippen molar-refractivity contribution in [2.45, 2.75) is 37.8 Å². The third kappa shape index (κ3) is 5.71. The van der Waals surface area contributed by atoms with Crippen LogP contribution in [0, 0.1) is 17.7 Å². The number of hydrogen-bond acceptors (Lipinski definition) is 4. The fraction of sp³-hybridized carbons (Fsp3) is 0.458. The number of carbonyl (C=O) groups is 2. The Morgan fingerprint density at radius 2 is 1.78 bits per heavy atom. The van der Waals surface area contributed by atoms with Gasteiger partial charge in [-0.15, -0.1) is 0 Å². The highest BCUT2D eigenvalue weighted by Gasteiger charge is 2.42. The predicted molar refractivity (Wildman–Crippen MR) is 114 cm³/mol. The van der Waals surface area contributed by atoms with Crippen molar-refractivity contribution in [3.63, 3.8) is 0 Å². The number of aromatic nitrogens is 1. The highest BCUT2D eigenvalue weighted by Crippen LogP contribution is 2.35. The molecule has 0 radical (unpaired) electrons. The van der Waals surface area contributed by atoms with Crippen LogP contribution in [0.25, 0.3) is 0 Å². The number of rotatable bonds is 5. The van der Waals surface area contributed by atoms with Crippen molar-refractivity contribution in [3.8, 4) is 0 Å². The molecule has 37 heavy (non-hydrogen) atoms. The maximum Gasteiger partial charge on any atom is 0.433 e. The van der Waals surface area contributed by atoms with Crippen LogP contribution in [-0.4, -0.2) is 47.5 Å². The molecule has 2 aromatic rings. The number of benzene rings is 1. The number of halogens is 7. The zero-order chi connectivity index (χ0) is 27.1. The van der Waals surface area contributed by atoms with Gasteiger partial charge in [0.05, 0.1) is 24.8 Å². The first-order valence-electron chi connectivity index (χ1n) is 11.3. The molecule has 3 heterocycles. The average Bonchev–Trinajstić information content (AvgIpc) is 3.17. The third-order valence-corrected chi connectivity index (χ3v) is 6.47. The average molecular weight is 533 g/mol. The van der Waals surface area contributed by atoms with Crippen LogP contribution in [0.15, 0.2) is 36.5 Å². The van der Waals surface area contributed by atoms with Crippen molar-refractivity contribution in [3.05, 3.63) is 64.7 Å². The van der Waals surface area contributed by atoms with E-state index in [2.05, 4.69) is 10.3 Å². The third-order valence-electron chi connectivity index (χ3n) is 6.47. The molecule has 2 saturated heterocycles. The minimum absolute atomic E-state index is 0.0897. The van der Waals surface area contributed by atoms with Crippen LogP contribution < -0.4 is 5.32 Å². The van der Waals surface area contributed by atoms with E-state index in [1.54, 1.807) is 6.92 Å². The number of alkyl halides is 6. The van der Waals surface area contributed by atoms with E-state index in [0.29, 0.717) is 18.2 Å². The van der Waals surface area contributed by atoms with Crippen molar-refractivity contribution in [2.75, 3.05) is 19.8 Å². The number of nitrogens with zero attached hydrogens (tertiary/aromatic N) is 2. The Kier molecular flexibility index (Phi) is 7.19. The first kappa shape index (κ1) is 26.8. The number of likely N-dealkylation sites (tertiary alicyclic amines) is 1. The number of carbonyl (C=O) groups excluding carboxylic acids is 2. The van der Waals surface area contributed by atoms with E-state index in [9.17, 15) is 40.3 Å². The van der Waals surface area contributed by atoms with Crippen LogP contribution in [0.2, 0.25) is 0 Å². The van der Waals surface area contributed by atoms with E-state index in [-0.39, 0.29) is 43.2 Å². The monoisotopic (exact) mass is 533 g/mol. The standard InChI is InChI=1S/C24H22F7N3O3/c1-12-6-18(34(9-12)22(36)13-4-5-32-19(7-13)24(29,30)31)21(35)33-20(14-10-37-11-14)16-3-2-15(8-17(16)25)23(26,27)28/h2-5,7-8,12,14,18,20H,6,9-11H2,1H3,(H,33,35)/t12-,18-,20-/m1/s1. The summed E-state index contributed by atoms with van der Waals surface area (Å²) >= 11 is 0. The number of hydrogen-bond donors (Lipinski definition) is 1. The topological polar surface area (TPSA) is 71.5 Å². The van der Waals surface area contributed by atoms with Gasteiger partial charge in [-0.3, -0.25) is 14.6 Å². The van der Waals surface area contributed by atoms with Crippen LogP contribution in [0.5, 0.6) is 0 Å². The Labute approximate surface area is 206 Å². The van der Waals surface area contributed by atoms with Crippen molar-refractivity contribution in [1.82, 2.24) is 15.2 Å². The number of ether oxygens (including phenoxy) is 1. The molecule has 1 aromatic carbocycles. The van der Waals surface area contributed by atoms with Gasteiger partial charge >= 0.3 is 12.4 Å². The molecule has 0 spiro atoms. The minimum Gasteiger partial charge on any atom is -0.381 e. The molecule has 0 aliphatic carbocycles. The zero-order valence-corrected chi connectivity index (χ0v) is 19.4. The molecular formula is C24H22F7N3O3. The molecule has 3 atom stereocenters. The number of pyridine rings is 1. The van der Waals surface area contributed by atoms with Gasteiger partial charge in [0, 0.05) is 29.8 Å². The Balaban J connectivity index is 1.58. The van der Waals surface area contributed by atoms with Gasteiger partial charge < -0.3 is 15.0 Å². The lowest BCUT2D eigenvalue weighted by Gasteiger charge is -2.36. The summed E-state index contributed by atoms with van der Waals surface area (Å²) in [6.45, 7) is 2.11. The largest absolute Gasteiger partial charge is 0.433 e. The highest BCUT2D eigenvalue weighted by atomic mass is 19.4. The van der Waals surface area contributed by atoms with Crippen LogP contribution in [0.3, 0.4) is 0 Å². The molecule has 0 unspecified atom stereocenters. The van der Waals surface area contributed by atoms with Gasteiger partial charge in [0.25, 0.3) is 5.91 Å². The normalized spacial score (nSPS) is 21.5. The van der Waals surface area contributed by atoms with E-state index in [1.807, 2.05) is 0 Å². The second-order valence-electron chi connectivity index (χ2n) is 9.26. The summed E-state index contributed by atoms with van der Waals surface area (Å²) in [4.78, 5) is 30.8. The summed E-state index contributed by atoms with van der Waals surface area (Å²) in [6.07, 6.45) is -8.48. The molecule has 2 aliphatic rings. The Hall–Kier alpha value is -3.22. The molecule has 1 aromatic heterocycles. The highest BCUT2D eigenvalue weighted by molar-refractivity contribution is 5.98. The summed E-state index contributed by atoms with van der Waals surface area (Å²) in [5.41, 5.74) is -2.90. The van der Waals surface area contributed by atoms with Gasteiger partial charge in [0.1, 0.15) is 17.6 Å². The molecule has 200 valence electrons. The zero-order valence-electron chi connectivity index (χ0n) is 19.4. The van der Waals surface area contributed by atoms with Gasteiger partial charge in [0.15, 0.2) is 0 Å². The molecule has 4 rings (SSSR count). The van der Waals surface area contributed by atoms with E-state index < -0.39 is 59.2 Å². The van der Waals surface area contributed by atoms with Gasteiger partial charge in [-0.25, -0.2) is 4.39 Å². The second kappa shape index (κ2) is 9.92. The lowest BCUT2D eigenvalue weighted by molar-refractivity contribution is -0.141. The summed E-state index contributed by atoms with van der Waals surface area (Å²) in [6, 6.07) is 1.63. The molecular weight excluding hydrogens is 511 g/mol. The van der Waals surface area contributed by atoms with Gasteiger partial charge in [-0.2, -0.15) is 26.3 Å². The van der Waals surface area contributed by atoms with Crippen LogP contribution in [0.4, 0.5) is 30.7 Å².